The summed E-state index contributed by atoms with van der Waals surface area (Å²) in [4.78, 5) is 17.5. The highest BCUT2D eigenvalue weighted by atomic mass is 35.5. The third-order valence-electron chi connectivity index (χ3n) is 7.55. The van der Waals surface area contributed by atoms with Gasteiger partial charge in [0.1, 0.15) is 5.82 Å². The molecule has 1 amide bonds. The number of carbonyl (C=O) groups is 1. The Bertz CT molecular complexity index is 1150. The first-order chi connectivity index (χ1) is 18.0. The molecule has 3 unspecified atom stereocenters. The molecule has 4 atom stereocenters. The molecule has 0 radical (unpaired) electrons. The molecule has 4 rings (SSSR count). The molecule has 2 heterocycles. The highest BCUT2D eigenvalue weighted by Gasteiger charge is 2.38. The van der Waals surface area contributed by atoms with Gasteiger partial charge in [0.15, 0.2) is 0 Å². The quantitative estimate of drug-likeness (QED) is 0.505. The van der Waals surface area contributed by atoms with Crippen molar-refractivity contribution in [1.29, 1.82) is 0 Å². The Morgan fingerprint density at radius 2 is 1.74 bits per heavy atom. The molecule has 38 heavy (non-hydrogen) atoms. The average molecular weight is 563 g/mol. The van der Waals surface area contributed by atoms with E-state index in [9.17, 15) is 9.00 Å². The maximum Gasteiger partial charge on any atom is 0.227 e. The molecule has 9 heteroatoms. The van der Waals surface area contributed by atoms with Gasteiger partial charge in [0.2, 0.25) is 5.91 Å². The SMILES string of the molecule is CC(C)C(NS(=O)C(C)(C)C)c1cccc(F)c1N1CCN(C(=O)[C@@H]2CNCC2c2ccc(Cl)cc2)CC1. The molecule has 2 aromatic carbocycles. The minimum absolute atomic E-state index is 0.101. The van der Waals surface area contributed by atoms with Gasteiger partial charge in [0, 0.05) is 56.3 Å². The van der Waals surface area contributed by atoms with E-state index in [0.29, 0.717) is 43.4 Å². The Hall–Kier alpha value is -2.00. The molecule has 0 spiro atoms. The predicted octanol–water partition coefficient (Wildman–Crippen LogP) is 4.88. The molecule has 2 saturated heterocycles. The topological polar surface area (TPSA) is 64.7 Å². The van der Waals surface area contributed by atoms with Crippen molar-refractivity contribution < 1.29 is 13.4 Å². The summed E-state index contributed by atoms with van der Waals surface area (Å²) in [6.07, 6.45) is 0. The molecule has 0 bridgehead atoms. The fraction of sp³-hybridized carbons (Fsp3) is 0.552. The summed E-state index contributed by atoms with van der Waals surface area (Å²) >= 11 is 6.07. The van der Waals surface area contributed by atoms with Crippen LogP contribution in [0.3, 0.4) is 0 Å². The second kappa shape index (κ2) is 12.0. The van der Waals surface area contributed by atoms with Crippen molar-refractivity contribution in [1.82, 2.24) is 14.9 Å². The molecular weight excluding hydrogens is 523 g/mol. The molecule has 2 fully saturated rings. The normalized spacial score (nSPS) is 22.1. The van der Waals surface area contributed by atoms with Gasteiger partial charge < -0.3 is 15.1 Å². The number of carbonyl (C=O) groups excluding carboxylic acids is 1. The second-order valence-corrected chi connectivity index (χ2v) is 14.1. The number of rotatable bonds is 7. The molecule has 2 N–H and O–H groups in total. The summed E-state index contributed by atoms with van der Waals surface area (Å²) in [6.45, 7) is 13.4. The molecule has 2 aromatic rings. The largest absolute Gasteiger partial charge is 0.365 e. The number of piperazine rings is 1. The Balaban J connectivity index is 1.49. The second-order valence-electron chi connectivity index (χ2n) is 11.6. The lowest BCUT2D eigenvalue weighted by Gasteiger charge is -2.39. The first kappa shape index (κ1) is 29.0. The van der Waals surface area contributed by atoms with Gasteiger partial charge in [0.25, 0.3) is 0 Å². The van der Waals surface area contributed by atoms with Crippen LogP contribution in [-0.4, -0.2) is 59.0 Å². The Morgan fingerprint density at radius 1 is 1.08 bits per heavy atom. The lowest BCUT2D eigenvalue weighted by Crippen LogP contribution is -2.51. The van der Waals surface area contributed by atoms with Crippen LogP contribution in [0.2, 0.25) is 5.02 Å². The maximum absolute atomic E-state index is 15.4. The van der Waals surface area contributed by atoms with Gasteiger partial charge in [-0.1, -0.05) is 49.7 Å². The summed E-state index contributed by atoms with van der Waals surface area (Å²) in [6, 6.07) is 12.6. The fourth-order valence-electron chi connectivity index (χ4n) is 5.35. The number of hydrogen-bond donors (Lipinski definition) is 2. The third kappa shape index (κ3) is 6.41. The first-order valence-electron chi connectivity index (χ1n) is 13.4. The van der Waals surface area contributed by atoms with Gasteiger partial charge in [-0.25, -0.2) is 13.3 Å². The molecule has 2 aliphatic rings. The molecule has 0 aromatic heterocycles. The van der Waals surface area contributed by atoms with Crippen LogP contribution in [0.4, 0.5) is 10.1 Å². The Kier molecular flexibility index (Phi) is 9.18. The highest BCUT2D eigenvalue weighted by molar-refractivity contribution is 7.84. The number of para-hydroxylation sites is 1. The van der Waals surface area contributed by atoms with E-state index in [1.807, 2.05) is 60.9 Å². The van der Waals surface area contributed by atoms with Crippen molar-refractivity contribution in [3.8, 4) is 0 Å². The van der Waals surface area contributed by atoms with Gasteiger partial charge in [-0.15, -0.1) is 0 Å². The van der Waals surface area contributed by atoms with E-state index in [2.05, 4.69) is 23.9 Å². The smallest absolute Gasteiger partial charge is 0.227 e. The summed E-state index contributed by atoms with van der Waals surface area (Å²) in [7, 11) is -1.30. The molecule has 0 saturated carbocycles. The van der Waals surface area contributed by atoms with Crippen LogP contribution in [0, 0.1) is 17.7 Å². The van der Waals surface area contributed by atoms with Crippen molar-refractivity contribution in [3.05, 3.63) is 64.4 Å². The van der Waals surface area contributed by atoms with E-state index >= 15 is 4.39 Å². The van der Waals surface area contributed by atoms with E-state index in [1.54, 1.807) is 6.07 Å². The van der Waals surface area contributed by atoms with Crippen LogP contribution >= 0.6 is 11.6 Å². The van der Waals surface area contributed by atoms with Gasteiger partial charge in [0.05, 0.1) is 27.3 Å². The van der Waals surface area contributed by atoms with Crippen LogP contribution < -0.4 is 14.9 Å². The summed E-state index contributed by atoms with van der Waals surface area (Å²) in [5.74, 6) is -0.0692. The maximum atomic E-state index is 15.4. The monoisotopic (exact) mass is 562 g/mol. The van der Waals surface area contributed by atoms with Gasteiger partial charge in [-0.05, 0) is 56.0 Å². The fourth-order valence-corrected chi connectivity index (χ4v) is 6.46. The number of amides is 1. The van der Waals surface area contributed by atoms with Crippen molar-refractivity contribution in [2.75, 3.05) is 44.2 Å². The number of nitrogens with one attached hydrogen (secondary N) is 2. The predicted molar refractivity (Wildman–Crippen MR) is 154 cm³/mol. The molecule has 2 aliphatic heterocycles. The zero-order chi connectivity index (χ0) is 27.6. The number of anilines is 1. The number of halogens is 2. The molecule has 6 nitrogen and oxygen atoms in total. The number of nitrogens with zero attached hydrogens (tertiary/aromatic N) is 2. The van der Waals surface area contributed by atoms with E-state index < -0.39 is 15.7 Å². The van der Waals surface area contributed by atoms with Crippen LogP contribution in [0.25, 0.3) is 0 Å². The highest BCUT2D eigenvalue weighted by Crippen LogP contribution is 2.36. The standard InChI is InChI=1S/C29H40ClFN4O2S/c1-19(2)26(33-38(37)29(3,4)5)22-7-6-8-25(31)27(22)34-13-15-35(16-14-34)28(36)24-18-32-17-23(24)20-9-11-21(30)12-10-20/h6-12,19,23-24,26,32-33H,13-18H2,1-5H3/t23?,24-,26?,38?/m1/s1. The van der Waals surface area contributed by atoms with Gasteiger partial charge in [-0.3, -0.25) is 4.79 Å². The molecule has 208 valence electrons. The van der Waals surface area contributed by atoms with E-state index in [1.165, 1.54) is 6.07 Å². The summed E-state index contributed by atoms with van der Waals surface area (Å²) in [5.41, 5.74) is 2.46. The Labute approximate surface area is 233 Å². The Morgan fingerprint density at radius 3 is 2.34 bits per heavy atom. The summed E-state index contributed by atoms with van der Waals surface area (Å²) in [5, 5.41) is 4.07. The van der Waals surface area contributed by atoms with Crippen molar-refractivity contribution >= 4 is 34.2 Å². The number of hydrogen-bond acceptors (Lipinski definition) is 4. The number of benzene rings is 2. The minimum Gasteiger partial charge on any atom is -0.365 e. The first-order valence-corrected chi connectivity index (χ1v) is 15.0. The van der Waals surface area contributed by atoms with E-state index in [-0.39, 0.29) is 35.5 Å². The van der Waals surface area contributed by atoms with Gasteiger partial charge in [-0.2, -0.15) is 0 Å². The minimum atomic E-state index is -1.30. The van der Waals surface area contributed by atoms with Crippen LogP contribution in [0.15, 0.2) is 42.5 Å². The van der Waals surface area contributed by atoms with Crippen molar-refractivity contribution in [2.45, 2.75) is 51.3 Å². The van der Waals surface area contributed by atoms with Crippen molar-refractivity contribution in [2.24, 2.45) is 11.8 Å². The average Bonchev–Trinajstić information content (AvgIpc) is 3.36. The van der Waals surface area contributed by atoms with Crippen LogP contribution in [-0.2, 0) is 15.8 Å². The lowest BCUT2D eigenvalue weighted by molar-refractivity contribution is -0.135. The summed E-state index contributed by atoms with van der Waals surface area (Å²) < 4.78 is 31.1. The zero-order valence-corrected chi connectivity index (χ0v) is 24.5. The molecular formula is C29H40ClFN4O2S. The van der Waals surface area contributed by atoms with Gasteiger partial charge >= 0.3 is 0 Å². The van der Waals surface area contributed by atoms with E-state index in [4.69, 9.17) is 11.6 Å². The van der Waals surface area contributed by atoms with Crippen LogP contribution in [0.5, 0.6) is 0 Å². The zero-order valence-electron chi connectivity index (χ0n) is 23.0. The molecule has 0 aliphatic carbocycles. The van der Waals surface area contributed by atoms with Crippen molar-refractivity contribution in [3.63, 3.8) is 0 Å². The van der Waals surface area contributed by atoms with Crippen LogP contribution in [0.1, 0.15) is 57.7 Å². The third-order valence-corrected chi connectivity index (χ3v) is 9.38. The van der Waals surface area contributed by atoms with E-state index in [0.717, 1.165) is 17.7 Å². The lowest BCUT2D eigenvalue weighted by atomic mass is 9.88.